The van der Waals surface area contributed by atoms with Crippen LogP contribution in [0.5, 0.6) is 0 Å². The van der Waals surface area contributed by atoms with E-state index in [0.29, 0.717) is 24.9 Å². The van der Waals surface area contributed by atoms with Gasteiger partial charge in [-0.1, -0.05) is 101 Å². The Morgan fingerprint density at radius 3 is 1.93 bits per heavy atom. The second-order valence-corrected chi connectivity index (χ2v) is 18.9. The number of rotatable bonds is 12. The molecule has 0 heterocycles. The lowest BCUT2D eigenvalue weighted by molar-refractivity contribution is -0.156. The molecule has 2 aromatic carbocycles. The van der Waals surface area contributed by atoms with Gasteiger partial charge in [0, 0.05) is 12.5 Å². The monoisotopic (exact) mass is 603 g/mol. The lowest BCUT2D eigenvalue weighted by Crippen LogP contribution is -2.66. The summed E-state index contributed by atoms with van der Waals surface area (Å²) in [6.07, 6.45) is 3.77. The SMILES string of the molecule is CC(C)CC1CC(C#CC(=O)C(CCO[Si](c2ccccc2)(c2ccccc2)C(C)(C)C)N(C)CC(=O)OC(C)(C)C)C1. The lowest BCUT2D eigenvalue weighted by atomic mass is 9.72. The zero-order valence-electron chi connectivity index (χ0n) is 27.9. The van der Waals surface area contributed by atoms with E-state index in [1.807, 2.05) is 32.9 Å². The molecule has 1 aliphatic rings. The van der Waals surface area contributed by atoms with E-state index in [9.17, 15) is 9.59 Å². The van der Waals surface area contributed by atoms with Gasteiger partial charge in [-0.2, -0.15) is 0 Å². The first-order valence-electron chi connectivity index (χ1n) is 15.8. The Bertz CT molecular complexity index is 1210. The van der Waals surface area contributed by atoms with Crippen LogP contribution in [0.15, 0.2) is 60.7 Å². The van der Waals surface area contributed by atoms with Gasteiger partial charge in [-0.25, -0.2) is 0 Å². The average molecular weight is 604 g/mol. The van der Waals surface area contributed by atoms with Crippen molar-refractivity contribution in [2.24, 2.45) is 17.8 Å². The summed E-state index contributed by atoms with van der Waals surface area (Å²) in [6, 6.07) is 20.4. The molecule has 6 heteroatoms. The number of carbonyl (C=O) groups excluding carboxylic acids is 2. The zero-order chi connectivity index (χ0) is 31.8. The Balaban J connectivity index is 1.85. The number of ether oxygens (including phenoxy) is 1. The predicted octanol–water partition coefficient (Wildman–Crippen LogP) is 6.24. The highest BCUT2D eigenvalue weighted by atomic mass is 28.4. The number of hydrogen-bond donors (Lipinski definition) is 0. The van der Waals surface area contributed by atoms with Crippen molar-refractivity contribution in [1.82, 2.24) is 4.90 Å². The van der Waals surface area contributed by atoms with Crippen LogP contribution in [0.2, 0.25) is 5.04 Å². The molecule has 0 spiro atoms. The van der Waals surface area contributed by atoms with Crippen LogP contribution in [0.1, 0.15) is 81.1 Å². The van der Waals surface area contributed by atoms with E-state index < -0.39 is 20.0 Å². The minimum Gasteiger partial charge on any atom is -0.459 e. The molecule has 5 nitrogen and oxygen atoms in total. The topological polar surface area (TPSA) is 55.8 Å². The number of benzene rings is 2. The van der Waals surface area contributed by atoms with Gasteiger partial charge in [0.25, 0.3) is 8.32 Å². The quantitative estimate of drug-likeness (QED) is 0.124. The van der Waals surface area contributed by atoms with Crippen molar-refractivity contribution in [3.05, 3.63) is 60.7 Å². The van der Waals surface area contributed by atoms with E-state index in [1.54, 1.807) is 11.9 Å². The number of nitrogens with zero attached hydrogens (tertiary/aromatic N) is 1. The molecule has 1 atom stereocenters. The first kappa shape index (κ1) is 34.8. The van der Waals surface area contributed by atoms with Crippen molar-refractivity contribution < 1.29 is 18.8 Å². The Labute approximate surface area is 261 Å². The van der Waals surface area contributed by atoms with E-state index in [2.05, 4.69) is 95.0 Å². The largest absolute Gasteiger partial charge is 0.459 e. The average Bonchev–Trinajstić information content (AvgIpc) is 2.88. The highest BCUT2D eigenvalue weighted by Gasteiger charge is 2.50. The van der Waals surface area contributed by atoms with Crippen LogP contribution in [0.3, 0.4) is 0 Å². The highest BCUT2D eigenvalue weighted by molar-refractivity contribution is 6.99. The van der Waals surface area contributed by atoms with Crippen molar-refractivity contribution in [3.63, 3.8) is 0 Å². The Morgan fingerprint density at radius 1 is 0.930 bits per heavy atom. The van der Waals surface area contributed by atoms with Crippen LogP contribution in [0.25, 0.3) is 0 Å². The van der Waals surface area contributed by atoms with Crippen LogP contribution in [0.4, 0.5) is 0 Å². The maximum absolute atomic E-state index is 13.6. The van der Waals surface area contributed by atoms with Crippen molar-refractivity contribution in [2.75, 3.05) is 20.2 Å². The van der Waals surface area contributed by atoms with E-state index in [0.717, 1.165) is 12.8 Å². The summed E-state index contributed by atoms with van der Waals surface area (Å²) < 4.78 is 12.7. The van der Waals surface area contributed by atoms with Gasteiger partial charge >= 0.3 is 5.97 Å². The fourth-order valence-electron chi connectivity index (χ4n) is 6.29. The third-order valence-corrected chi connectivity index (χ3v) is 13.2. The molecule has 43 heavy (non-hydrogen) atoms. The maximum Gasteiger partial charge on any atom is 0.320 e. The van der Waals surface area contributed by atoms with Gasteiger partial charge < -0.3 is 9.16 Å². The molecule has 0 amide bonds. The molecular weight excluding hydrogens is 550 g/mol. The van der Waals surface area contributed by atoms with E-state index in [4.69, 9.17) is 9.16 Å². The molecule has 0 saturated heterocycles. The highest BCUT2D eigenvalue weighted by Crippen LogP contribution is 2.38. The van der Waals surface area contributed by atoms with Crippen LogP contribution >= 0.6 is 0 Å². The van der Waals surface area contributed by atoms with E-state index in [1.165, 1.54) is 16.8 Å². The minimum absolute atomic E-state index is 0.00839. The fourth-order valence-corrected chi connectivity index (χ4v) is 10.9. The molecule has 0 N–H and O–H groups in total. The smallest absolute Gasteiger partial charge is 0.320 e. The molecule has 0 aliphatic heterocycles. The molecule has 1 saturated carbocycles. The van der Waals surface area contributed by atoms with Crippen molar-refractivity contribution in [1.29, 1.82) is 0 Å². The summed E-state index contributed by atoms with van der Waals surface area (Å²) in [7, 11) is -0.957. The van der Waals surface area contributed by atoms with Crippen LogP contribution in [-0.4, -0.2) is 56.8 Å². The number of ketones is 1. The summed E-state index contributed by atoms with van der Waals surface area (Å²) in [5, 5.41) is 2.22. The number of esters is 1. The van der Waals surface area contributed by atoms with Crippen LogP contribution in [-0.2, 0) is 18.8 Å². The van der Waals surface area contributed by atoms with E-state index in [-0.39, 0.29) is 29.3 Å². The van der Waals surface area contributed by atoms with Crippen molar-refractivity contribution in [2.45, 2.75) is 97.8 Å². The Morgan fingerprint density at radius 2 is 1.47 bits per heavy atom. The molecule has 1 unspecified atom stereocenters. The molecule has 3 rings (SSSR count). The number of carbonyl (C=O) groups is 2. The Kier molecular flexibility index (Phi) is 12.0. The number of Topliss-reactive ketones (excluding diaryl/α,β-unsaturated/α-hetero) is 1. The third-order valence-electron chi connectivity index (χ3n) is 8.20. The molecule has 0 radical (unpaired) electrons. The predicted molar refractivity (Wildman–Crippen MR) is 179 cm³/mol. The zero-order valence-corrected chi connectivity index (χ0v) is 28.9. The van der Waals surface area contributed by atoms with Crippen LogP contribution in [0, 0.1) is 29.6 Å². The van der Waals surface area contributed by atoms with Gasteiger partial charge in [0.1, 0.15) is 5.60 Å². The van der Waals surface area contributed by atoms with Gasteiger partial charge in [-0.3, -0.25) is 14.5 Å². The molecule has 2 aromatic rings. The Hall–Kier alpha value is -2.72. The fraction of sp³-hybridized carbons (Fsp3) is 0.568. The van der Waals surface area contributed by atoms with E-state index >= 15 is 0 Å². The first-order chi connectivity index (χ1) is 20.1. The third kappa shape index (κ3) is 9.63. The van der Waals surface area contributed by atoms with Crippen LogP contribution < -0.4 is 10.4 Å². The van der Waals surface area contributed by atoms with Gasteiger partial charge in [0.05, 0.1) is 12.6 Å². The first-order valence-corrected chi connectivity index (χ1v) is 17.8. The maximum atomic E-state index is 13.6. The number of likely N-dealkylation sites (N-methyl/N-ethyl adjacent to an activating group) is 1. The lowest BCUT2D eigenvalue weighted by Gasteiger charge is -2.43. The summed E-state index contributed by atoms with van der Waals surface area (Å²) in [4.78, 5) is 28.2. The molecular formula is C37H53NO4Si. The molecule has 234 valence electrons. The summed E-state index contributed by atoms with van der Waals surface area (Å²) >= 11 is 0. The van der Waals surface area contributed by atoms with Crippen molar-refractivity contribution in [3.8, 4) is 11.8 Å². The van der Waals surface area contributed by atoms with Gasteiger partial charge in [-0.15, -0.1) is 0 Å². The summed E-state index contributed by atoms with van der Waals surface area (Å²) in [6.45, 7) is 17.2. The van der Waals surface area contributed by atoms with Crippen molar-refractivity contribution >= 4 is 30.4 Å². The standard InChI is InChI=1S/C37H53NO4Si/c1-28(2)24-30-25-29(26-30)20-21-34(39)33(38(9)27-35(40)42-36(3,4)5)22-23-41-43(37(6,7)8,31-16-12-10-13-17-31)32-18-14-11-15-19-32/h10-19,28-30,33H,22-27H2,1-9H3. The molecule has 0 bridgehead atoms. The van der Waals surface area contributed by atoms with Gasteiger partial charge in [0.2, 0.25) is 5.78 Å². The summed E-state index contributed by atoms with van der Waals surface area (Å²) in [5.41, 5.74) is -0.597. The second-order valence-electron chi connectivity index (χ2n) is 14.6. The second kappa shape index (κ2) is 14.8. The molecule has 1 fully saturated rings. The summed E-state index contributed by atoms with van der Waals surface area (Å²) in [5.74, 6) is 7.38. The van der Waals surface area contributed by atoms with Gasteiger partial charge in [0.15, 0.2) is 0 Å². The minimum atomic E-state index is -2.76. The molecule has 1 aliphatic carbocycles. The normalized spacial score (nSPS) is 18.0. The van der Waals surface area contributed by atoms with Gasteiger partial charge in [-0.05, 0) is 86.7 Å². The molecule has 0 aromatic heterocycles. The number of hydrogen-bond acceptors (Lipinski definition) is 5.